The highest BCUT2D eigenvalue weighted by Crippen LogP contribution is 2.09. The highest BCUT2D eigenvalue weighted by molar-refractivity contribution is 7.89. The summed E-state index contributed by atoms with van der Waals surface area (Å²) in [6.45, 7) is 0.199. The normalized spacial score (nSPS) is 11.3. The fourth-order valence-corrected chi connectivity index (χ4v) is 3.56. The zero-order valence-corrected chi connectivity index (χ0v) is 16.0. The van der Waals surface area contributed by atoms with Gasteiger partial charge in [-0.1, -0.05) is 54.1 Å². The molecule has 0 spiro atoms. The summed E-state index contributed by atoms with van der Waals surface area (Å²) in [7, 11) is -3.45. The average molecular weight is 395 g/mol. The Morgan fingerprint density at radius 1 is 0.923 bits per heavy atom. The predicted octanol–water partition coefficient (Wildman–Crippen LogP) is 2.55. The van der Waals surface area contributed by atoms with Gasteiger partial charge in [-0.25, -0.2) is 13.1 Å². The number of rotatable bonds is 10. The van der Waals surface area contributed by atoms with Gasteiger partial charge in [0.1, 0.15) is 0 Å². The zero-order chi connectivity index (χ0) is 18.8. The molecule has 0 heterocycles. The molecule has 2 aromatic carbocycles. The first-order chi connectivity index (χ1) is 12.4. The Labute approximate surface area is 159 Å². The predicted molar refractivity (Wildman–Crippen MR) is 105 cm³/mol. The first-order valence-corrected chi connectivity index (χ1v) is 10.5. The van der Waals surface area contributed by atoms with E-state index in [1.54, 1.807) is 12.1 Å². The summed E-state index contributed by atoms with van der Waals surface area (Å²) in [6, 6.07) is 17.1. The molecule has 140 valence electrons. The highest BCUT2D eigenvalue weighted by atomic mass is 35.5. The fourth-order valence-electron chi connectivity index (χ4n) is 2.42. The van der Waals surface area contributed by atoms with Crippen LogP contribution in [0.4, 0.5) is 0 Å². The molecule has 0 saturated carbocycles. The van der Waals surface area contributed by atoms with Crippen LogP contribution in [0, 0.1) is 0 Å². The van der Waals surface area contributed by atoms with Gasteiger partial charge in [-0.3, -0.25) is 4.79 Å². The Morgan fingerprint density at radius 3 is 2.27 bits per heavy atom. The van der Waals surface area contributed by atoms with E-state index in [9.17, 15) is 13.2 Å². The van der Waals surface area contributed by atoms with E-state index in [4.69, 9.17) is 11.6 Å². The quantitative estimate of drug-likeness (QED) is 0.650. The number of hydrogen-bond acceptors (Lipinski definition) is 3. The van der Waals surface area contributed by atoms with E-state index in [0.717, 1.165) is 11.1 Å². The summed E-state index contributed by atoms with van der Waals surface area (Å²) in [5.41, 5.74) is 2.15. The van der Waals surface area contributed by atoms with Gasteiger partial charge in [-0.2, -0.15) is 0 Å². The number of sulfonamides is 1. The minimum atomic E-state index is -3.45. The molecule has 2 N–H and O–H groups in total. The van der Waals surface area contributed by atoms with Crippen molar-refractivity contribution in [1.82, 2.24) is 10.0 Å². The van der Waals surface area contributed by atoms with Crippen molar-refractivity contribution in [2.75, 3.05) is 18.8 Å². The molecular weight excluding hydrogens is 372 g/mol. The molecule has 7 heteroatoms. The van der Waals surface area contributed by atoms with E-state index in [0.29, 0.717) is 30.8 Å². The third kappa shape index (κ3) is 7.99. The first kappa shape index (κ1) is 20.4. The second kappa shape index (κ2) is 10.3. The summed E-state index contributed by atoms with van der Waals surface area (Å²) in [6.07, 6.45) is 1.86. The molecule has 0 saturated heterocycles. The van der Waals surface area contributed by atoms with E-state index in [1.807, 2.05) is 42.5 Å². The molecule has 0 radical (unpaired) electrons. The Balaban J connectivity index is 1.63. The highest BCUT2D eigenvalue weighted by Gasteiger charge is 2.12. The van der Waals surface area contributed by atoms with Crippen molar-refractivity contribution < 1.29 is 13.2 Å². The van der Waals surface area contributed by atoms with Gasteiger partial charge in [-0.15, -0.1) is 0 Å². The Hall–Kier alpha value is -1.89. The molecule has 0 aliphatic heterocycles. The van der Waals surface area contributed by atoms with Crippen molar-refractivity contribution in [3.63, 3.8) is 0 Å². The summed E-state index contributed by atoms with van der Waals surface area (Å²) in [5.74, 6) is -0.342. The number of hydrogen-bond donors (Lipinski definition) is 2. The molecular formula is C19H23ClN2O3S. The number of carbonyl (C=O) groups excluding carboxylic acids is 1. The van der Waals surface area contributed by atoms with Crippen LogP contribution in [0.25, 0.3) is 0 Å². The first-order valence-electron chi connectivity index (χ1n) is 8.47. The molecule has 0 aliphatic carbocycles. The van der Waals surface area contributed by atoms with Gasteiger partial charge in [0.25, 0.3) is 0 Å². The molecule has 2 rings (SSSR count). The van der Waals surface area contributed by atoms with E-state index in [2.05, 4.69) is 10.0 Å². The molecule has 0 aromatic heterocycles. The van der Waals surface area contributed by atoms with Crippen LogP contribution in [-0.2, 0) is 27.7 Å². The standard InChI is InChI=1S/C19H23ClN2O3S/c20-18-10-8-17(9-11-18)12-13-21-19(23)15-22-26(24,25)14-4-7-16-5-2-1-3-6-16/h1-3,5-6,8-11,22H,4,7,12-15H2,(H,21,23). The Kier molecular flexibility index (Phi) is 8.09. The summed E-state index contributed by atoms with van der Waals surface area (Å²) in [4.78, 5) is 11.8. The van der Waals surface area contributed by atoms with Crippen LogP contribution in [0.15, 0.2) is 54.6 Å². The maximum Gasteiger partial charge on any atom is 0.235 e. The third-order valence-corrected chi connectivity index (χ3v) is 5.49. The maximum atomic E-state index is 11.9. The van der Waals surface area contributed by atoms with Gasteiger partial charge in [0.2, 0.25) is 15.9 Å². The number of aryl methyl sites for hydroxylation is 1. The van der Waals surface area contributed by atoms with Crippen molar-refractivity contribution >= 4 is 27.5 Å². The van der Waals surface area contributed by atoms with Gasteiger partial charge < -0.3 is 5.32 Å². The average Bonchev–Trinajstić information content (AvgIpc) is 2.63. The molecule has 0 bridgehead atoms. The summed E-state index contributed by atoms with van der Waals surface area (Å²) in [5, 5.41) is 3.37. The van der Waals surface area contributed by atoms with Crippen LogP contribution >= 0.6 is 11.6 Å². The smallest absolute Gasteiger partial charge is 0.235 e. The summed E-state index contributed by atoms with van der Waals surface area (Å²) < 4.78 is 26.2. The van der Waals surface area contributed by atoms with Crippen molar-refractivity contribution in [2.24, 2.45) is 0 Å². The lowest BCUT2D eigenvalue weighted by Crippen LogP contribution is -2.38. The van der Waals surface area contributed by atoms with Crippen LogP contribution in [0.2, 0.25) is 5.02 Å². The minimum Gasteiger partial charge on any atom is -0.355 e. The van der Waals surface area contributed by atoms with Crippen LogP contribution < -0.4 is 10.0 Å². The fraction of sp³-hybridized carbons (Fsp3) is 0.316. The lowest BCUT2D eigenvalue weighted by molar-refractivity contribution is -0.119. The van der Waals surface area contributed by atoms with Crippen molar-refractivity contribution in [3.8, 4) is 0 Å². The second-order valence-electron chi connectivity index (χ2n) is 5.96. The minimum absolute atomic E-state index is 0.0000506. The van der Waals surface area contributed by atoms with Crippen LogP contribution in [0.1, 0.15) is 17.5 Å². The van der Waals surface area contributed by atoms with Gasteiger partial charge >= 0.3 is 0 Å². The molecule has 5 nitrogen and oxygen atoms in total. The number of halogens is 1. The van der Waals surface area contributed by atoms with Crippen molar-refractivity contribution in [2.45, 2.75) is 19.3 Å². The van der Waals surface area contributed by atoms with Crippen LogP contribution in [0.5, 0.6) is 0 Å². The van der Waals surface area contributed by atoms with Crippen LogP contribution in [-0.4, -0.2) is 33.2 Å². The maximum absolute atomic E-state index is 11.9. The molecule has 0 atom stereocenters. The van der Waals surface area contributed by atoms with E-state index in [-0.39, 0.29) is 18.2 Å². The van der Waals surface area contributed by atoms with E-state index in [1.165, 1.54) is 0 Å². The van der Waals surface area contributed by atoms with Crippen molar-refractivity contribution in [3.05, 3.63) is 70.7 Å². The van der Waals surface area contributed by atoms with Crippen LogP contribution in [0.3, 0.4) is 0 Å². The number of amides is 1. The third-order valence-electron chi connectivity index (χ3n) is 3.82. The number of nitrogens with one attached hydrogen (secondary N) is 2. The van der Waals surface area contributed by atoms with Gasteiger partial charge in [-0.05, 0) is 42.5 Å². The van der Waals surface area contributed by atoms with E-state index >= 15 is 0 Å². The number of carbonyl (C=O) groups is 1. The number of benzene rings is 2. The molecule has 2 aromatic rings. The van der Waals surface area contributed by atoms with Crippen molar-refractivity contribution in [1.29, 1.82) is 0 Å². The molecule has 0 aliphatic rings. The van der Waals surface area contributed by atoms with E-state index < -0.39 is 10.0 Å². The summed E-state index contributed by atoms with van der Waals surface area (Å²) >= 11 is 5.82. The zero-order valence-electron chi connectivity index (χ0n) is 14.4. The topological polar surface area (TPSA) is 75.3 Å². The Morgan fingerprint density at radius 2 is 1.58 bits per heavy atom. The lowest BCUT2D eigenvalue weighted by atomic mass is 10.1. The monoisotopic (exact) mass is 394 g/mol. The second-order valence-corrected chi connectivity index (χ2v) is 8.32. The molecule has 0 fully saturated rings. The molecule has 0 unspecified atom stereocenters. The molecule has 26 heavy (non-hydrogen) atoms. The van der Waals surface area contributed by atoms with Gasteiger partial charge in [0, 0.05) is 11.6 Å². The van der Waals surface area contributed by atoms with Gasteiger partial charge in [0.15, 0.2) is 0 Å². The lowest BCUT2D eigenvalue weighted by Gasteiger charge is -2.08. The Bertz CT molecular complexity index is 793. The SMILES string of the molecule is O=C(CNS(=O)(=O)CCCc1ccccc1)NCCc1ccc(Cl)cc1. The molecule has 1 amide bonds. The largest absolute Gasteiger partial charge is 0.355 e. The van der Waals surface area contributed by atoms with Gasteiger partial charge in [0.05, 0.1) is 12.3 Å².